The van der Waals surface area contributed by atoms with Crippen molar-refractivity contribution in [3.8, 4) is 0 Å². The molecule has 0 radical (unpaired) electrons. The molecule has 2 aromatic rings. The van der Waals surface area contributed by atoms with Gasteiger partial charge in [0.25, 0.3) is 0 Å². The fourth-order valence-corrected chi connectivity index (χ4v) is 6.81. The van der Waals surface area contributed by atoms with Crippen LogP contribution in [0.2, 0.25) is 0 Å². The highest BCUT2D eigenvalue weighted by Crippen LogP contribution is 2.38. The minimum absolute atomic E-state index is 0.0199. The second kappa shape index (κ2) is 11.4. The molecule has 0 aliphatic carbocycles. The van der Waals surface area contributed by atoms with Gasteiger partial charge in [-0.25, -0.2) is 17.6 Å². The van der Waals surface area contributed by atoms with Crippen molar-refractivity contribution in [1.29, 1.82) is 0 Å². The van der Waals surface area contributed by atoms with Crippen LogP contribution in [0.15, 0.2) is 36.4 Å². The molecule has 0 bridgehead atoms. The monoisotopic (exact) mass is 609 g/mol. The fourth-order valence-electron chi connectivity index (χ4n) is 5.58. The van der Waals surface area contributed by atoms with Crippen LogP contribution in [0.1, 0.15) is 46.7 Å². The van der Waals surface area contributed by atoms with Gasteiger partial charge in [-0.3, -0.25) is 4.90 Å². The number of hydrogen-bond donors (Lipinski definition) is 0. The van der Waals surface area contributed by atoms with E-state index < -0.39 is 57.8 Å². The number of carbonyl (C=O) groups is 1. The third-order valence-corrected chi connectivity index (χ3v) is 9.31. The average Bonchev–Trinajstić information content (AvgIpc) is 2.87. The van der Waals surface area contributed by atoms with E-state index in [0.717, 1.165) is 4.90 Å². The van der Waals surface area contributed by atoms with Gasteiger partial charge in [-0.1, -0.05) is 6.07 Å². The lowest BCUT2D eigenvalue weighted by Crippen LogP contribution is -2.53. The molecule has 2 aromatic carbocycles. The predicted octanol–water partition coefficient (Wildman–Crippen LogP) is 5.66. The van der Waals surface area contributed by atoms with Gasteiger partial charge in [0.1, 0.15) is 5.82 Å². The zero-order valence-electron chi connectivity index (χ0n) is 22.4. The summed E-state index contributed by atoms with van der Waals surface area (Å²) < 4.78 is 118. The molecule has 0 saturated carbocycles. The lowest BCUT2D eigenvalue weighted by molar-refractivity contribution is -0.143. The number of benzene rings is 2. The van der Waals surface area contributed by atoms with Gasteiger partial charge in [0.2, 0.25) is 0 Å². The lowest BCUT2D eigenvalue weighted by atomic mass is 9.88. The Morgan fingerprint density at radius 1 is 0.951 bits per heavy atom. The van der Waals surface area contributed by atoms with Gasteiger partial charge in [-0.2, -0.15) is 26.3 Å². The largest absolute Gasteiger partial charge is 0.416 e. The van der Waals surface area contributed by atoms with Crippen molar-refractivity contribution in [3.05, 3.63) is 70.0 Å². The highest BCUT2D eigenvalue weighted by atomic mass is 32.2. The zero-order valence-corrected chi connectivity index (χ0v) is 23.2. The standard InChI is InChI=1S/C27H30F7N3O3S/c1-17-11-21(28)3-4-23(17)24-15-22(36-7-9-41(39,40)10-8-36)5-6-37(24)25(38)35(2)16-18-12-19(26(29,30)31)14-20(13-18)27(32,33)34/h3-4,11-14,22,24H,5-10,15-16H2,1-2H3/t22-,24-/m1/s1. The quantitative estimate of drug-likeness (QED) is 0.420. The molecule has 0 aromatic heterocycles. The summed E-state index contributed by atoms with van der Waals surface area (Å²) in [5, 5.41) is 0. The minimum Gasteiger partial charge on any atom is -0.323 e. The van der Waals surface area contributed by atoms with Crippen LogP contribution in [0.5, 0.6) is 0 Å². The van der Waals surface area contributed by atoms with Crippen molar-refractivity contribution in [2.24, 2.45) is 0 Å². The molecule has 41 heavy (non-hydrogen) atoms. The summed E-state index contributed by atoms with van der Waals surface area (Å²) >= 11 is 0. The normalized spacial score (nSPS) is 22.0. The van der Waals surface area contributed by atoms with Crippen LogP contribution in [0.25, 0.3) is 0 Å². The first-order valence-electron chi connectivity index (χ1n) is 13.0. The van der Waals surface area contributed by atoms with Crippen LogP contribution in [-0.4, -0.2) is 73.4 Å². The van der Waals surface area contributed by atoms with Crippen molar-refractivity contribution in [1.82, 2.24) is 14.7 Å². The molecule has 0 unspecified atom stereocenters. The Bertz CT molecular complexity index is 1350. The van der Waals surface area contributed by atoms with Crippen LogP contribution >= 0.6 is 0 Å². The van der Waals surface area contributed by atoms with Crippen LogP contribution in [0, 0.1) is 12.7 Å². The van der Waals surface area contributed by atoms with Crippen LogP contribution in [-0.2, 0) is 28.7 Å². The highest BCUT2D eigenvalue weighted by Gasteiger charge is 2.40. The molecule has 2 aliphatic heterocycles. The smallest absolute Gasteiger partial charge is 0.323 e. The second-order valence-electron chi connectivity index (χ2n) is 10.6. The maximum absolute atomic E-state index is 13.9. The van der Waals surface area contributed by atoms with E-state index in [1.807, 2.05) is 0 Å². The predicted molar refractivity (Wildman–Crippen MR) is 137 cm³/mol. The second-order valence-corrected chi connectivity index (χ2v) is 12.9. The lowest BCUT2D eigenvalue weighted by Gasteiger charge is -2.45. The van der Waals surface area contributed by atoms with E-state index in [0.29, 0.717) is 49.2 Å². The molecule has 14 heteroatoms. The van der Waals surface area contributed by atoms with Gasteiger partial charge in [-0.15, -0.1) is 0 Å². The number of hydrogen-bond acceptors (Lipinski definition) is 4. The van der Waals surface area contributed by atoms with Gasteiger partial charge < -0.3 is 9.80 Å². The van der Waals surface area contributed by atoms with E-state index in [1.54, 1.807) is 13.0 Å². The van der Waals surface area contributed by atoms with Crippen molar-refractivity contribution >= 4 is 15.9 Å². The van der Waals surface area contributed by atoms with E-state index in [-0.39, 0.29) is 35.7 Å². The maximum atomic E-state index is 13.9. The summed E-state index contributed by atoms with van der Waals surface area (Å²) in [6, 6.07) is 4.10. The van der Waals surface area contributed by atoms with Crippen molar-refractivity contribution in [2.45, 2.75) is 50.7 Å². The first-order chi connectivity index (χ1) is 18.9. The molecule has 2 fully saturated rings. The molecule has 0 spiro atoms. The Kier molecular flexibility index (Phi) is 8.66. The minimum atomic E-state index is -5.01. The molecule has 2 saturated heterocycles. The summed E-state index contributed by atoms with van der Waals surface area (Å²) in [6.45, 7) is 2.06. The average molecular weight is 610 g/mol. The maximum Gasteiger partial charge on any atom is 0.416 e. The number of amides is 2. The van der Waals surface area contributed by atoms with Gasteiger partial charge in [-0.05, 0) is 66.8 Å². The number of halogens is 7. The third kappa shape index (κ3) is 7.32. The summed E-state index contributed by atoms with van der Waals surface area (Å²) in [7, 11) is -1.82. The Labute approximate surface area is 233 Å². The Balaban J connectivity index is 1.60. The van der Waals surface area contributed by atoms with E-state index in [2.05, 4.69) is 4.90 Å². The van der Waals surface area contributed by atoms with Gasteiger partial charge in [0, 0.05) is 39.3 Å². The van der Waals surface area contributed by atoms with E-state index in [4.69, 9.17) is 0 Å². The zero-order chi connectivity index (χ0) is 30.3. The summed E-state index contributed by atoms with van der Waals surface area (Å²) in [6.07, 6.45) is -9.15. The molecule has 2 amide bonds. The number of nitrogens with zero attached hydrogens (tertiary/aromatic N) is 3. The molecule has 226 valence electrons. The number of piperidine rings is 1. The van der Waals surface area contributed by atoms with E-state index in [9.17, 15) is 43.9 Å². The van der Waals surface area contributed by atoms with Crippen LogP contribution < -0.4 is 0 Å². The SMILES string of the molecule is Cc1cc(F)ccc1[C@H]1C[C@H](N2CCS(=O)(=O)CC2)CCN1C(=O)N(C)Cc1cc(C(F)(F)F)cc(C(F)(F)F)c1. The number of sulfone groups is 1. The number of carbonyl (C=O) groups excluding carboxylic acids is 1. The molecule has 0 N–H and O–H groups in total. The van der Waals surface area contributed by atoms with Crippen molar-refractivity contribution in [3.63, 3.8) is 0 Å². The molecule has 4 rings (SSSR count). The summed E-state index contributed by atoms with van der Waals surface area (Å²) in [5.41, 5.74) is -2.03. The van der Waals surface area contributed by atoms with Crippen LogP contribution in [0.3, 0.4) is 0 Å². The Hall–Kier alpha value is -2.87. The first kappa shape index (κ1) is 31.1. The Morgan fingerprint density at radius 3 is 2.07 bits per heavy atom. The summed E-state index contributed by atoms with van der Waals surface area (Å²) in [5.74, 6) is -0.433. The van der Waals surface area contributed by atoms with E-state index in [1.165, 1.54) is 24.1 Å². The van der Waals surface area contributed by atoms with Crippen LogP contribution in [0.4, 0.5) is 35.5 Å². The van der Waals surface area contributed by atoms with Gasteiger partial charge in [0.15, 0.2) is 9.84 Å². The number of urea groups is 1. The van der Waals surface area contributed by atoms with Gasteiger partial charge >= 0.3 is 18.4 Å². The van der Waals surface area contributed by atoms with Crippen molar-refractivity contribution < 1.29 is 43.9 Å². The number of likely N-dealkylation sites (tertiary alicyclic amines) is 1. The molecule has 6 nitrogen and oxygen atoms in total. The fraction of sp³-hybridized carbons (Fsp3) is 0.519. The highest BCUT2D eigenvalue weighted by molar-refractivity contribution is 7.91. The molecular formula is C27H30F7N3O3S. The van der Waals surface area contributed by atoms with Crippen molar-refractivity contribution in [2.75, 3.05) is 38.2 Å². The Morgan fingerprint density at radius 2 is 1.54 bits per heavy atom. The topological polar surface area (TPSA) is 60.9 Å². The van der Waals surface area contributed by atoms with E-state index >= 15 is 0 Å². The molecule has 2 atom stereocenters. The first-order valence-corrected chi connectivity index (χ1v) is 14.8. The summed E-state index contributed by atoms with van der Waals surface area (Å²) in [4.78, 5) is 18.3. The molecular weight excluding hydrogens is 579 g/mol. The molecule has 2 heterocycles. The number of aryl methyl sites for hydroxylation is 1. The third-order valence-electron chi connectivity index (χ3n) is 7.70. The number of rotatable bonds is 4. The molecule has 2 aliphatic rings. The number of alkyl halides is 6. The van der Waals surface area contributed by atoms with Gasteiger partial charge in [0.05, 0.1) is 28.7 Å².